The molecule has 2 amide bonds. The minimum Gasteiger partial charge on any atom is -0.346 e. The van der Waals surface area contributed by atoms with Gasteiger partial charge in [-0.25, -0.2) is 0 Å². The van der Waals surface area contributed by atoms with E-state index in [4.69, 9.17) is 0 Å². The van der Waals surface area contributed by atoms with Crippen LogP contribution in [0.4, 0.5) is 11.4 Å². The summed E-state index contributed by atoms with van der Waals surface area (Å²) in [5, 5.41) is 6.98. The monoisotopic (exact) mass is 376 g/mol. The molecule has 1 aromatic heterocycles. The number of fused-ring (bicyclic) bond motifs is 2. The second-order valence-electron chi connectivity index (χ2n) is 7.47. The van der Waals surface area contributed by atoms with Crippen molar-refractivity contribution in [3.63, 3.8) is 0 Å². The molecule has 0 spiro atoms. The molecule has 1 aliphatic heterocycles. The fourth-order valence-corrected chi connectivity index (χ4v) is 3.64. The normalized spacial score (nSPS) is 16.1. The molecule has 0 bridgehead atoms. The number of hydrogen-bond acceptors (Lipinski definition) is 3. The smallest absolute Gasteiger partial charge is 0.232 e. The molecule has 2 N–H and O–H groups in total. The third-order valence-electron chi connectivity index (χ3n) is 5.15. The number of nitrogens with one attached hydrogen (secondary N) is 2. The average molecular weight is 376 g/mol. The highest BCUT2D eigenvalue weighted by Gasteiger charge is 2.30. The van der Waals surface area contributed by atoms with E-state index in [-0.39, 0.29) is 18.2 Å². The largest absolute Gasteiger partial charge is 0.346 e. The van der Waals surface area contributed by atoms with Crippen LogP contribution in [-0.4, -0.2) is 41.9 Å². The van der Waals surface area contributed by atoms with Gasteiger partial charge < -0.3 is 20.1 Å². The molecule has 0 saturated heterocycles. The van der Waals surface area contributed by atoms with Crippen molar-refractivity contribution in [2.24, 2.45) is 0 Å². The second-order valence-corrected chi connectivity index (χ2v) is 7.47. The summed E-state index contributed by atoms with van der Waals surface area (Å²) in [4.78, 5) is 27.1. The Labute approximate surface area is 164 Å². The zero-order chi connectivity index (χ0) is 19.7. The van der Waals surface area contributed by atoms with Crippen LogP contribution in [0.5, 0.6) is 0 Å². The number of carbonyl (C=O) groups is 2. The van der Waals surface area contributed by atoms with Crippen LogP contribution in [0, 0.1) is 0 Å². The lowest BCUT2D eigenvalue weighted by Crippen LogP contribution is -2.30. The molecule has 0 radical (unpaired) electrons. The van der Waals surface area contributed by atoms with Crippen LogP contribution in [0.2, 0.25) is 0 Å². The minimum absolute atomic E-state index is 0.133. The molecule has 2 aromatic carbocycles. The number of hydrogen-bond donors (Lipinski definition) is 2. The molecule has 6 nitrogen and oxygen atoms in total. The van der Waals surface area contributed by atoms with E-state index in [2.05, 4.69) is 46.5 Å². The molecular formula is C22H24N4O2. The molecule has 3 aromatic rings. The van der Waals surface area contributed by atoms with E-state index in [1.807, 2.05) is 42.5 Å². The number of amides is 2. The Kier molecular flexibility index (Phi) is 4.88. The van der Waals surface area contributed by atoms with E-state index < -0.39 is 5.92 Å². The summed E-state index contributed by atoms with van der Waals surface area (Å²) < 4.78 is 2.19. The minimum atomic E-state index is -0.485. The highest BCUT2D eigenvalue weighted by molar-refractivity contribution is 6.05. The first-order valence-electron chi connectivity index (χ1n) is 9.44. The standard InChI is InChI=1S/C22H24N4O2/c1-25(2)11-12-26-10-9-15-7-8-16(13-20(15)26)23-22(28)18-14-21(27)24-19-6-4-3-5-17(18)19/h3-10,13,18H,11-12,14H2,1-2H3,(H,23,28)(H,24,27). The first-order chi connectivity index (χ1) is 13.5. The number of anilines is 2. The molecule has 28 heavy (non-hydrogen) atoms. The summed E-state index contributed by atoms with van der Waals surface area (Å²) in [6, 6.07) is 15.5. The lowest BCUT2D eigenvalue weighted by Gasteiger charge is -2.24. The molecule has 0 fully saturated rings. The molecule has 0 aliphatic carbocycles. The van der Waals surface area contributed by atoms with E-state index in [0.717, 1.165) is 35.2 Å². The average Bonchev–Trinajstić information content (AvgIpc) is 3.08. The lowest BCUT2D eigenvalue weighted by atomic mass is 9.90. The molecular weight excluding hydrogens is 352 g/mol. The highest BCUT2D eigenvalue weighted by Crippen LogP contribution is 2.33. The summed E-state index contributed by atoms with van der Waals surface area (Å²) in [7, 11) is 4.10. The van der Waals surface area contributed by atoms with Gasteiger partial charge in [-0.15, -0.1) is 0 Å². The summed E-state index contributed by atoms with van der Waals surface area (Å²) in [5.74, 6) is -0.777. The van der Waals surface area contributed by atoms with Gasteiger partial charge in [-0.1, -0.05) is 24.3 Å². The Morgan fingerprint density at radius 1 is 1.21 bits per heavy atom. The van der Waals surface area contributed by atoms with Crippen molar-refractivity contribution in [2.75, 3.05) is 31.3 Å². The van der Waals surface area contributed by atoms with Crippen molar-refractivity contribution in [3.8, 4) is 0 Å². The second kappa shape index (κ2) is 7.48. The quantitative estimate of drug-likeness (QED) is 0.718. The van der Waals surface area contributed by atoms with Gasteiger partial charge in [0.05, 0.1) is 11.4 Å². The number of aromatic nitrogens is 1. The molecule has 0 saturated carbocycles. The lowest BCUT2D eigenvalue weighted by molar-refractivity contribution is -0.123. The SMILES string of the molecule is CN(C)CCn1ccc2ccc(NC(=O)C3CC(=O)Nc4ccccc43)cc21. The van der Waals surface area contributed by atoms with Crippen LogP contribution < -0.4 is 10.6 Å². The fourth-order valence-electron chi connectivity index (χ4n) is 3.64. The van der Waals surface area contributed by atoms with Crippen molar-refractivity contribution in [1.29, 1.82) is 0 Å². The van der Waals surface area contributed by atoms with Gasteiger partial charge in [0.15, 0.2) is 0 Å². The van der Waals surface area contributed by atoms with Gasteiger partial charge in [-0.3, -0.25) is 9.59 Å². The van der Waals surface area contributed by atoms with Gasteiger partial charge in [0, 0.05) is 37.1 Å². The van der Waals surface area contributed by atoms with Gasteiger partial charge in [0.25, 0.3) is 0 Å². The predicted octanol–water partition coefficient (Wildman–Crippen LogP) is 3.27. The maximum absolute atomic E-state index is 12.9. The van der Waals surface area contributed by atoms with E-state index in [9.17, 15) is 9.59 Å². The number of para-hydroxylation sites is 1. The van der Waals surface area contributed by atoms with Gasteiger partial charge >= 0.3 is 0 Å². The van der Waals surface area contributed by atoms with Gasteiger partial charge in [0.2, 0.25) is 11.8 Å². The molecule has 144 valence electrons. The Morgan fingerprint density at radius 3 is 2.86 bits per heavy atom. The van der Waals surface area contributed by atoms with E-state index in [0.29, 0.717) is 5.69 Å². The summed E-state index contributed by atoms with van der Waals surface area (Å²) in [5.41, 5.74) is 3.40. The van der Waals surface area contributed by atoms with Crippen LogP contribution in [0.15, 0.2) is 54.7 Å². The maximum atomic E-state index is 12.9. The molecule has 1 atom stereocenters. The Balaban J connectivity index is 1.57. The Bertz CT molecular complexity index is 1040. The van der Waals surface area contributed by atoms with Gasteiger partial charge in [-0.05, 0) is 49.3 Å². The predicted molar refractivity (Wildman–Crippen MR) is 112 cm³/mol. The van der Waals surface area contributed by atoms with Crippen molar-refractivity contribution in [1.82, 2.24) is 9.47 Å². The third-order valence-corrected chi connectivity index (χ3v) is 5.15. The molecule has 4 rings (SSSR count). The number of nitrogens with zero attached hydrogens (tertiary/aromatic N) is 2. The van der Waals surface area contributed by atoms with Crippen LogP contribution >= 0.6 is 0 Å². The van der Waals surface area contributed by atoms with Crippen LogP contribution in [-0.2, 0) is 16.1 Å². The number of carbonyl (C=O) groups excluding carboxylic acids is 2. The van der Waals surface area contributed by atoms with E-state index >= 15 is 0 Å². The zero-order valence-corrected chi connectivity index (χ0v) is 16.1. The number of benzene rings is 2. The van der Waals surface area contributed by atoms with Crippen molar-refractivity contribution in [2.45, 2.75) is 18.9 Å². The van der Waals surface area contributed by atoms with E-state index in [1.54, 1.807) is 0 Å². The maximum Gasteiger partial charge on any atom is 0.232 e. The number of rotatable bonds is 5. The molecule has 1 aliphatic rings. The van der Waals surface area contributed by atoms with Crippen molar-refractivity contribution >= 4 is 34.1 Å². The summed E-state index contributed by atoms with van der Waals surface area (Å²) in [6.45, 7) is 1.82. The topological polar surface area (TPSA) is 66.4 Å². The van der Waals surface area contributed by atoms with Crippen LogP contribution in [0.25, 0.3) is 10.9 Å². The highest BCUT2D eigenvalue weighted by atomic mass is 16.2. The Hall–Kier alpha value is -3.12. The van der Waals surface area contributed by atoms with E-state index in [1.165, 1.54) is 0 Å². The first kappa shape index (κ1) is 18.3. The van der Waals surface area contributed by atoms with Gasteiger partial charge in [-0.2, -0.15) is 0 Å². The third kappa shape index (κ3) is 3.64. The zero-order valence-electron chi connectivity index (χ0n) is 16.1. The van der Waals surface area contributed by atoms with Crippen LogP contribution in [0.1, 0.15) is 17.9 Å². The number of likely N-dealkylation sites (N-methyl/N-ethyl adjacent to an activating group) is 1. The first-order valence-corrected chi connectivity index (χ1v) is 9.44. The molecule has 1 unspecified atom stereocenters. The molecule has 2 heterocycles. The summed E-state index contributed by atoms with van der Waals surface area (Å²) >= 11 is 0. The molecule has 6 heteroatoms. The van der Waals surface area contributed by atoms with Crippen molar-refractivity contribution in [3.05, 3.63) is 60.3 Å². The van der Waals surface area contributed by atoms with Gasteiger partial charge in [0.1, 0.15) is 0 Å². The Morgan fingerprint density at radius 2 is 2.04 bits per heavy atom. The summed E-state index contributed by atoms with van der Waals surface area (Å²) in [6.07, 6.45) is 2.23. The fraction of sp³-hybridized carbons (Fsp3) is 0.273. The van der Waals surface area contributed by atoms with Crippen LogP contribution in [0.3, 0.4) is 0 Å². The van der Waals surface area contributed by atoms with Crippen molar-refractivity contribution < 1.29 is 9.59 Å².